The molecule has 108 valence electrons. The number of furan rings is 1. The molecular formula is C16H22N2O2. The van der Waals surface area contributed by atoms with Gasteiger partial charge in [0.1, 0.15) is 11.3 Å². The highest BCUT2D eigenvalue weighted by Crippen LogP contribution is 2.28. The molecule has 1 aromatic heterocycles. The molecule has 1 fully saturated rings. The summed E-state index contributed by atoms with van der Waals surface area (Å²) >= 11 is 0. The fourth-order valence-electron chi connectivity index (χ4n) is 3.13. The van der Waals surface area contributed by atoms with E-state index in [1.807, 2.05) is 18.2 Å². The van der Waals surface area contributed by atoms with Crippen molar-refractivity contribution in [3.8, 4) is 0 Å². The molecule has 1 atom stereocenters. The summed E-state index contributed by atoms with van der Waals surface area (Å²) in [6.07, 6.45) is 1.20. The minimum Gasteiger partial charge on any atom is -0.459 e. The number of para-hydroxylation sites is 1. The number of nitrogens with zero attached hydrogens (tertiary/aromatic N) is 1. The molecule has 3 rings (SSSR count). The first-order valence-electron chi connectivity index (χ1n) is 7.22. The maximum absolute atomic E-state index is 5.99. The number of methoxy groups -OCH3 is 1. The fraction of sp³-hybridized carbons (Fsp3) is 0.500. The second-order valence-electron chi connectivity index (χ2n) is 5.55. The van der Waals surface area contributed by atoms with E-state index in [1.165, 1.54) is 6.42 Å². The Morgan fingerprint density at radius 2 is 2.25 bits per heavy atom. The van der Waals surface area contributed by atoms with Gasteiger partial charge in [-0.15, -0.1) is 0 Å². The van der Waals surface area contributed by atoms with E-state index >= 15 is 0 Å². The van der Waals surface area contributed by atoms with Crippen LogP contribution in [0.1, 0.15) is 17.7 Å². The minimum absolute atomic E-state index is 0.529. The van der Waals surface area contributed by atoms with E-state index in [9.17, 15) is 0 Å². The zero-order valence-electron chi connectivity index (χ0n) is 12.0. The van der Waals surface area contributed by atoms with E-state index in [0.717, 1.165) is 48.5 Å². The summed E-state index contributed by atoms with van der Waals surface area (Å²) in [7, 11) is 1.77. The van der Waals surface area contributed by atoms with Crippen LogP contribution in [0.2, 0.25) is 0 Å². The molecule has 0 bridgehead atoms. The molecule has 1 unspecified atom stereocenters. The Labute approximate surface area is 119 Å². The largest absolute Gasteiger partial charge is 0.459 e. The lowest BCUT2D eigenvalue weighted by atomic mass is 10.1. The summed E-state index contributed by atoms with van der Waals surface area (Å²) < 4.78 is 11.2. The molecule has 4 heteroatoms. The first kappa shape index (κ1) is 13.6. The molecule has 4 nitrogen and oxygen atoms in total. The molecule has 2 N–H and O–H groups in total. The van der Waals surface area contributed by atoms with Gasteiger partial charge in [0.25, 0.3) is 0 Å². The quantitative estimate of drug-likeness (QED) is 0.909. The molecule has 2 aromatic rings. The van der Waals surface area contributed by atoms with Crippen molar-refractivity contribution in [3.63, 3.8) is 0 Å². The summed E-state index contributed by atoms with van der Waals surface area (Å²) in [4.78, 5) is 2.43. The van der Waals surface area contributed by atoms with Gasteiger partial charge in [-0.1, -0.05) is 18.2 Å². The molecular weight excluding hydrogens is 252 g/mol. The van der Waals surface area contributed by atoms with Gasteiger partial charge in [0.15, 0.2) is 0 Å². The van der Waals surface area contributed by atoms with Gasteiger partial charge in [-0.2, -0.15) is 0 Å². The number of benzene rings is 1. The summed E-state index contributed by atoms with van der Waals surface area (Å²) in [6.45, 7) is 4.41. The van der Waals surface area contributed by atoms with Crippen molar-refractivity contribution < 1.29 is 9.15 Å². The van der Waals surface area contributed by atoms with Gasteiger partial charge < -0.3 is 14.9 Å². The number of hydrogen-bond donors (Lipinski definition) is 1. The normalized spacial score (nSPS) is 20.0. The Morgan fingerprint density at radius 3 is 3.05 bits per heavy atom. The summed E-state index contributed by atoms with van der Waals surface area (Å²) in [5.41, 5.74) is 8.00. The standard InChI is InChI=1S/C16H22N2O2/c1-19-11-12-6-7-18(9-12)10-16-14(8-17)13-4-2-3-5-15(13)20-16/h2-5,12H,6-11,17H2,1H3. The van der Waals surface area contributed by atoms with E-state index in [-0.39, 0.29) is 0 Å². The van der Waals surface area contributed by atoms with Crippen molar-refractivity contribution in [1.82, 2.24) is 4.90 Å². The average molecular weight is 274 g/mol. The van der Waals surface area contributed by atoms with Crippen LogP contribution in [0.5, 0.6) is 0 Å². The molecule has 1 aliphatic rings. The fourth-order valence-corrected chi connectivity index (χ4v) is 3.13. The van der Waals surface area contributed by atoms with E-state index in [2.05, 4.69) is 11.0 Å². The van der Waals surface area contributed by atoms with E-state index < -0.39 is 0 Å². The van der Waals surface area contributed by atoms with Gasteiger partial charge in [0.2, 0.25) is 0 Å². The van der Waals surface area contributed by atoms with Crippen LogP contribution >= 0.6 is 0 Å². The van der Waals surface area contributed by atoms with Crippen LogP contribution in [0.3, 0.4) is 0 Å². The Kier molecular flexibility index (Phi) is 4.05. The zero-order chi connectivity index (χ0) is 13.9. The summed E-state index contributed by atoms with van der Waals surface area (Å²) in [6, 6.07) is 8.13. The van der Waals surface area contributed by atoms with Crippen LogP contribution in [0.15, 0.2) is 28.7 Å². The Bertz CT molecular complexity index is 579. The van der Waals surface area contributed by atoms with Crippen LogP contribution in [0.4, 0.5) is 0 Å². The lowest BCUT2D eigenvalue weighted by Crippen LogP contribution is -2.21. The molecule has 1 aromatic carbocycles. The third kappa shape index (κ3) is 2.59. The predicted octanol–water partition coefficient (Wildman–Crippen LogP) is 2.36. The number of likely N-dealkylation sites (tertiary alicyclic amines) is 1. The highest BCUT2D eigenvalue weighted by molar-refractivity contribution is 5.82. The molecule has 0 amide bonds. The number of rotatable bonds is 5. The predicted molar refractivity (Wildman–Crippen MR) is 79.4 cm³/mol. The highest BCUT2D eigenvalue weighted by Gasteiger charge is 2.24. The number of nitrogens with two attached hydrogens (primary N) is 1. The molecule has 0 aliphatic carbocycles. The Hall–Kier alpha value is -1.36. The van der Waals surface area contributed by atoms with Crippen LogP contribution in [-0.4, -0.2) is 31.7 Å². The average Bonchev–Trinajstić information content (AvgIpc) is 3.03. The maximum atomic E-state index is 5.99. The van der Waals surface area contributed by atoms with Crippen molar-refractivity contribution in [3.05, 3.63) is 35.6 Å². The van der Waals surface area contributed by atoms with Crippen LogP contribution in [0, 0.1) is 5.92 Å². The Morgan fingerprint density at radius 1 is 1.40 bits per heavy atom. The second kappa shape index (κ2) is 5.95. The van der Waals surface area contributed by atoms with Crippen LogP contribution < -0.4 is 5.73 Å². The van der Waals surface area contributed by atoms with Gasteiger partial charge >= 0.3 is 0 Å². The smallest absolute Gasteiger partial charge is 0.134 e. The third-order valence-electron chi connectivity index (χ3n) is 4.13. The van der Waals surface area contributed by atoms with Crippen molar-refractivity contribution in [2.45, 2.75) is 19.5 Å². The zero-order valence-corrected chi connectivity index (χ0v) is 12.0. The van der Waals surface area contributed by atoms with Gasteiger partial charge in [0.05, 0.1) is 13.2 Å². The van der Waals surface area contributed by atoms with Crippen molar-refractivity contribution in [2.24, 2.45) is 11.7 Å². The Balaban J connectivity index is 1.77. The topological polar surface area (TPSA) is 51.6 Å². The molecule has 0 saturated carbocycles. The van der Waals surface area contributed by atoms with Crippen molar-refractivity contribution >= 4 is 11.0 Å². The maximum Gasteiger partial charge on any atom is 0.134 e. The minimum atomic E-state index is 0.529. The number of hydrogen-bond acceptors (Lipinski definition) is 4. The molecule has 0 spiro atoms. The first-order valence-corrected chi connectivity index (χ1v) is 7.22. The number of fused-ring (bicyclic) bond motifs is 1. The molecule has 1 saturated heterocycles. The molecule has 20 heavy (non-hydrogen) atoms. The van der Waals surface area contributed by atoms with Gasteiger partial charge in [-0.05, 0) is 24.9 Å². The van der Waals surface area contributed by atoms with Gasteiger partial charge in [-0.3, -0.25) is 4.90 Å². The van der Waals surface area contributed by atoms with Gasteiger partial charge in [-0.25, -0.2) is 0 Å². The second-order valence-corrected chi connectivity index (χ2v) is 5.55. The monoisotopic (exact) mass is 274 g/mol. The summed E-state index contributed by atoms with van der Waals surface area (Å²) in [5, 5.41) is 1.15. The molecule has 1 aliphatic heterocycles. The van der Waals surface area contributed by atoms with Crippen LogP contribution in [-0.2, 0) is 17.8 Å². The third-order valence-corrected chi connectivity index (χ3v) is 4.13. The number of ether oxygens (including phenoxy) is 1. The van der Waals surface area contributed by atoms with Crippen LogP contribution in [0.25, 0.3) is 11.0 Å². The van der Waals surface area contributed by atoms with Crippen molar-refractivity contribution in [1.29, 1.82) is 0 Å². The lowest BCUT2D eigenvalue weighted by molar-refractivity contribution is 0.152. The van der Waals surface area contributed by atoms with E-state index in [1.54, 1.807) is 7.11 Å². The van der Waals surface area contributed by atoms with E-state index in [4.69, 9.17) is 14.9 Å². The molecule has 2 heterocycles. The lowest BCUT2D eigenvalue weighted by Gasteiger charge is -2.15. The first-order chi connectivity index (χ1) is 9.81. The van der Waals surface area contributed by atoms with Crippen molar-refractivity contribution in [2.75, 3.05) is 26.8 Å². The van der Waals surface area contributed by atoms with E-state index in [0.29, 0.717) is 12.5 Å². The highest BCUT2D eigenvalue weighted by atomic mass is 16.5. The summed E-state index contributed by atoms with van der Waals surface area (Å²) in [5.74, 6) is 1.66. The SMILES string of the molecule is COCC1CCN(Cc2oc3ccccc3c2CN)C1. The molecule has 0 radical (unpaired) electrons. The van der Waals surface area contributed by atoms with Gasteiger partial charge in [0, 0.05) is 31.1 Å².